The molecule has 162 valence electrons. The summed E-state index contributed by atoms with van der Waals surface area (Å²) in [4.78, 5) is 12.0. The summed E-state index contributed by atoms with van der Waals surface area (Å²) in [6.45, 7) is -5.86. The average molecular weight is 429 g/mol. The molecule has 1 N–H and O–H groups in total. The zero-order chi connectivity index (χ0) is 22.1. The zero-order valence-corrected chi connectivity index (χ0v) is 16.0. The number of nitrogens with one attached hydrogen (secondary N) is 1. The van der Waals surface area contributed by atoms with E-state index in [1.807, 2.05) is 0 Å². The van der Waals surface area contributed by atoms with E-state index in [1.54, 1.807) is 0 Å². The van der Waals surface area contributed by atoms with Gasteiger partial charge in [-0.05, 0) is 41.5 Å². The first-order valence-corrected chi connectivity index (χ1v) is 8.53. The van der Waals surface area contributed by atoms with Gasteiger partial charge in [0.15, 0.2) is 23.0 Å². The van der Waals surface area contributed by atoms with Gasteiger partial charge in [0.05, 0.1) is 14.2 Å². The number of ether oxygens (including phenoxy) is 4. The molecule has 0 unspecified atom stereocenters. The predicted octanol–water partition coefficient (Wildman–Crippen LogP) is 4.24. The highest BCUT2D eigenvalue weighted by atomic mass is 19.3. The Morgan fingerprint density at radius 2 is 1.47 bits per heavy atom. The molecule has 0 aliphatic carbocycles. The Labute approximate surface area is 170 Å². The SMILES string of the molecule is COc1cc(/C=C/C(=O)NCc2ccc(OC(F)F)c(OC)c2)ccc1OC(F)F. The third-order valence-electron chi connectivity index (χ3n) is 3.74. The van der Waals surface area contributed by atoms with Crippen LogP contribution >= 0.6 is 0 Å². The van der Waals surface area contributed by atoms with E-state index >= 15 is 0 Å². The third kappa shape index (κ3) is 6.87. The van der Waals surface area contributed by atoms with Crippen molar-refractivity contribution in [1.29, 1.82) is 0 Å². The lowest BCUT2D eigenvalue weighted by atomic mass is 10.1. The van der Waals surface area contributed by atoms with Crippen LogP contribution in [0.1, 0.15) is 11.1 Å². The van der Waals surface area contributed by atoms with Gasteiger partial charge in [0.25, 0.3) is 0 Å². The van der Waals surface area contributed by atoms with Gasteiger partial charge in [0.2, 0.25) is 5.91 Å². The second-order valence-electron chi connectivity index (χ2n) is 5.70. The minimum absolute atomic E-state index is 0.0936. The van der Waals surface area contributed by atoms with Crippen LogP contribution in [0, 0.1) is 0 Å². The van der Waals surface area contributed by atoms with E-state index in [-0.39, 0.29) is 29.5 Å². The molecule has 2 aromatic rings. The molecule has 0 aromatic heterocycles. The fraction of sp³-hybridized carbons (Fsp3) is 0.250. The molecule has 2 aromatic carbocycles. The highest BCUT2D eigenvalue weighted by Gasteiger charge is 2.12. The molecule has 0 bridgehead atoms. The molecule has 0 heterocycles. The molecule has 1 amide bonds. The number of carbonyl (C=O) groups is 1. The van der Waals surface area contributed by atoms with Gasteiger partial charge in [-0.25, -0.2) is 0 Å². The standard InChI is InChI=1S/C20H19F4NO5/c1-27-16-9-12(3-6-14(16)29-19(21)22)5-8-18(26)25-11-13-4-7-15(30-20(23)24)17(10-13)28-2/h3-10,19-20H,11H2,1-2H3,(H,25,26)/b8-5+. The Morgan fingerprint density at radius 3 is 2.03 bits per heavy atom. The number of halogens is 4. The second kappa shape index (κ2) is 10.9. The molecule has 2 rings (SSSR count). The number of hydrogen-bond donors (Lipinski definition) is 1. The molecule has 6 nitrogen and oxygen atoms in total. The molecular formula is C20H19F4NO5. The quantitative estimate of drug-likeness (QED) is 0.452. The van der Waals surface area contributed by atoms with Gasteiger partial charge < -0.3 is 24.3 Å². The summed E-state index contributed by atoms with van der Waals surface area (Å²) < 4.78 is 68.1. The number of carbonyl (C=O) groups excluding carboxylic acids is 1. The first-order valence-electron chi connectivity index (χ1n) is 8.53. The number of benzene rings is 2. The van der Waals surface area contributed by atoms with Gasteiger partial charge in [0.1, 0.15) is 0 Å². The van der Waals surface area contributed by atoms with Crippen LogP contribution < -0.4 is 24.3 Å². The van der Waals surface area contributed by atoms with Crippen LogP contribution in [0.15, 0.2) is 42.5 Å². The second-order valence-corrected chi connectivity index (χ2v) is 5.70. The van der Waals surface area contributed by atoms with Crippen LogP contribution in [-0.2, 0) is 11.3 Å². The van der Waals surface area contributed by atoms with Crippen LogP contribution in [0.25, 0.3) is 6.08 Å². The van der Waals surface area contributed by atoms with Crippen molar-refractivity contribution in [2.24, 2.45) is 0 Å². The van der Waals surface area contributed by atoms with E-state index in [9.17, 15) is 22.4 Å². The smallest absolute Gasteiger partial charge is 0.387 e. The van der Waals surface area contributed by atoms with Gasteiger partial charge >= 0.3 is 13.2 Å². The molecule has 0 aliphatic rings. The van der Waals surface area contributed by atoms with E-state index in [0.717, 1.165) is 0 Å². The van der Waals surface area contributed by atoms with Crippen LogP contribution in [0.3, 0.4) is 0 Å². The molecule has 30 heavy (non-hydrogen) atoms. The molecule has 0 saturated carbocycles. The molecule has 0 spiro atoms. The summed E-state index contributed by atoms with van der Waals surface area (Å²) in [7, 11) is 2.62. The van der Waals surface area contributed by atoms with Crippen molar-refractivity contribution in [3.05, 3.63) is 53.6 Å². The minimum atomic E-state index is -2.99. The van der Waals surface area contributed by atoms with Gasteiger partial charge in [-0.1, -0.05) is 12.1 Å². The Morgan fingerprint density at radius 1 is 0.900 bits per heavy atom. The molecular weight excluding hydrogens is 410 g/mol. The van der Waals surface area contributed by atoms with Crippen molar-refractivity contribution in [3.63, 3.8) is 0 Å². The normalized spacial score (nSPS) is 11.1. The van der Waals surface area contributed by atoms with Crippen LogP contribution in [0.4, 0.5) is 17.6 Å². The predicted molar refractivity (Wildman–Crippen MR) is 100 cm³/mol. The summed E-state index contributed by atoms with van der Waals surface area (Å²) in [5.74, 6) is -0.474. The van der Waals surface area contributed by atoms with Gasteiger partial charge in [0, 0.05) is 12.6 Å². The number of hydrogen-bond acceptors (Lipinski definition) is 5. The Hall–Kier alpha value is -3.43. The topological polar surface area (TPSA) is 66.0 Å². The van der Waals surface area contributed by atoms with Crippen molar-refractivity contribution in [3.8, 4) is 23.0 Å². The van der Waals surface area contributed by atoms with Crippen molar-refractivity contribution < 1.29 is 41.3 Å². The van der Waals surface area contributed by atoms with Crippen molar-refractivity contribution in [1.82, 2.24) is 5.32 Å². The highest BCUT2D eigenvalue weighted by Crippen LogP contribution is 2.30. The van der Waals surface area contributed by atoms with Crippen LogP contribution in [-0.4, -0.2) is 33.3 Å². The van der Waals surface area contributed by atoms with Gasteiger partial charge in [-0.15, -0.1) is 0 Å². The lowest BCUT2D eigenvalue weighted by Crippen LogP contribution is -2.20. The van der Waals surface area contributed by atoms with Crippen LogP contribution in [0.5, 0.6) is 23.0 Å². The largest absolute Gasteiger partial charge is 0.493 e. The maximum absolute atomic E-state index is 12.4. The Kier molecular flexibility index (Phi) is 8.33. The summed E-state index contributed by atoms with van der Waals surface area (Å²) in [6.07, 6.45) is 2.71. The molecule has 0 atom stereocenters. The summed E-state index contributed by atoms with van der Waals surface area (Å²) in [5.41, 5.74) is 1.13. The monoisotopic (exact) mass is 429 g/mol. The summed E-state index contributed by atoms with van der Waals surface area (Å²) in [6, 6.07) is 8.52. The molecule has 0 aliphatic heterocycles. The minimum Gasteiger partial charge on any atom is -0.493 e. The fourth-order valence-electron chi connectivity index (χ4n) is 2.42. The van der Waals surface area contributed by atoms with Gasteiger partial charge in [-0.3, -0.25) is 4.79 Å². The maximum atomic E-state index is 12.4. The van der Waals surface area contributed by atoms with Crippen molar-refractivity contribution >= 4 is 12.0 Å². The maximum Gasteiger partial charge on any atom is 0.387 e. The lowest BCUT2D eigenvalue weighted by Gasteiger charge is -2.11. The Balaban J connectivity index is 1.98. The molecule has 0 fully saturated rings. The van der Waals surface area contributed by atoms with Crippen molar-refractivity contribution in [2.45, 2.75) is 19.8 Å². The number of amides is 1. The lowest BCUT2D eigenvalue weighted by molar-refractivity contribution is -0.116. The van der Waals surface area contributed by atoms with E-state index in [0.29, 0.717) is 11.1 Å². The van der Waals surface area contributed by atoms with E-state index < -0.39 is 19.1 Å². The zero-order valence-electron chi connectivity index (χ0n) is 16.0. The molecule has 0 radical (unpaired) electrons. The Bertz CT molecular complexity index is 889. The fourth-order valence-corrected chi connectivity index (χ4v) is 2.42. The van der Waals surface area contributed by atoms with Crippen molar-refractivity contribution in [2.75, 3.05) is 14.2 Å². The van der Waals surface area contributed by atoms with Crippen LogP contribution in [0.2, 0.25) is 0 Å². The summed E-state index contributed by atoms with van der Waals surface area (Å²) >= 11 is 0. The first kappa shape index (κ1) is 22.9. The van der Waals surface area contributed by atoms with E-state index in [2.05, 4.69) is 14.8 Å². The molecule has 10 heteroatoms. The van der Waals surface area contributed by atoms with E-state index in [4.69, 9.17) is 9.47 Å². The van der Waals surface area contributed by atoms with Gasteiger partial charge in [-0.2, -0.15) is 17.6 Å². The third-order valence-corrected chi connectivity index (χ3v) is 3.74. The number of rotatable bonds is 10. The average Bonchev–Trinajstić information content (AvgIpc) is 2.71. The molecule has 0 saturated heterocycles. The summed E-state index contributed by atoms with van der Waals surface area (Å²) in [5, 5.41) is 2.62. The van der Waals surface area contributed by atoms with E-state index in [1.165, 1.54) is 62.8 Å². The number of methoxy groups -OCH3 is 2. The number of alkyl halides is 4. The highest BCUT2D eigenvalue weighted by molar-refractivity contribution is 5.91. The first-order chi connectivity index (χ1) is 14.3.